The SMILES string of the molecule is NC(=O)C1=NC(C2CCCCC2)CO1. The van der Waals surface area contributed by atoms with Crippen LogP contribution >= 0.6 is 0 Å². The Balaban J connectivity index is 1.96. The lowest BCUT2D eigenvalue weighted by molar-refractivity contribution is -0.113. The molecule has 0 saturated heterocycles. The zero-order valence-electron chi connectivity index (χ0n) is 8.24. The van der Waals surface area contributed by atoms with E-state index in [0.717, 1.165) is 0 Å². The van der Waals surface area contributed by atoms with Gasteiger partial charge in [0.25, 0.3) is 5.90 Å². The van der Waals surface area contributed by atoms with Crippen LogP contribution in [-0.4, -0.2) is 24.5 Å². The third-order valence-corrected chi connectivity index (χ3v) is 3.08. The van der Waals surface area contributed by atoms with Gasteiger partial charge in [0.05, 0.1) is 6.04 Å². The molecule has 0 aromatic heterocycles. The summed E-state index contributed by atoms with van der Waals surface area (Å²) in [6.45, 7) is 0.545. The van der Waals surface area contributed by atoms with E-state index >= 15 is 0 Å². The van der Waals surface area contributed by atoms with Gasteiger partial charge in [-0.15, -0.1) is 0 Å². The first-order valence-electron chi connectivity index (χ1n) is 5.28. The Morgan fingerprint density at radius 3 is 2.64 bits per heavy atom. The van der Waals surface area contributed by atoms with Crippen molar-refractivity contribution in [2.75, 3.05) is 6.61 Å². The van der Waals surface area contributed by atoms with Gasteiger partial charge in [0.15, 0.2) is 0 Å². The van der Waals surface area contributed by atoms with Crippen LogP contribution in [-0.2, 0) is 9.53 Å². The highest BCUT2D eigenvalue weighted by molar-refractivity contribution is 6.34. The highest BCUT2D eigenvalue weighted by atomic mass is 16.5. The molecular formula is C10H16N2O2. The summed E-state index contributed by atoms with van der Waals surface area (Å²) in [5.41, 5.74) is 5.09. The summed E-state index contributed by atoms with van der Waals surface area (Å²) in [6.07, 6.45) is 6.31. The minimum absolute atomic E-state index is 0.126. The maximum atomic E-state index is 10.8. The van der Waals surface area contributed by atoms with Crippen LogP contribution in [0.4, 0.5) is 0 Å². The Morgan fingerprint density at radius 2 is 2.07 bits per heavy atom. The van der Waals surface area contributed by atoms with Crippen LogP contribution in [0, 0.1) is 5.92 Å². The van der Waals surface area contributed by atoms with E-state index in [1.54, 1.807) is 0 Å². The maximum Gasteiger partial charge on any atom is 0.303 e. The monoisotopic (exact) mass is 196 g/mol. The molecule has 2 rings (SSSR count). The summed E-state index contributed by atoms with van der Waals surface area (Å²) in [5.74, 6) is 0.185. The fourth-order valence-corrected chi connectivity index (χ4v) is 2.28. The molecule has 2 N–H and O–H groups in total. The molecule has 78 valence electrons. The molecule has 1 unspecified atom stereocenters. The van der Waals surface area contributed by atoms with Crippen LogP contribution in [0.5, 0.6) is 0 Å². The Labute approximate surface area is 83.5 Å². The second-order valence-electron chi connectivity index (χ2n) is 4.07. The average Bonchev–Trinajstić information content (AvgIpc) is 2.68. The Kier molecular flexibility index (Phi) is 2.70. The van der Waals surface area contributed by atoms with E-state index in [9.17, 15) is 4.79 Å². The van der Waals surface area contributed by atoms with Crippen LogP contribution in [0.15, 0.2) is 4.99 Å². The second-order valence-corrected chi connectivity index (χ2v) is 4.07. The van der Waals surface area contributed by atoms with Gasteiger partial charge in [-0.05, 0) is 18.8 Å². The third kappa shape index (κ3) is 1.89. The fourth-order valence-electron chi connectivity index (χ4n) is 2.28. The summed E-state index contributed by atoms with van der Waals surface area (Å²) in [5, 5.41) is 0. The van der Waals surface area contributed by atoms with Crippen molar-refractivity contribution >= 4 is 11.8 Å². The van der Waals surface area contributed by atoms with Gasteiger partial charge >= 0.3 is 5.91 Å². The highest BCUT2D eigenvalue weighted by Gasteiger charge is 2.30. The number of aliphatic imine (C=N–C) groups is 1. The molecule has 1 saturated carbocycles. The van der Waals surface area contributed by atoms with Crippen molar-refractivity contribution in [1.82, 2.24) is 0 Å². The number of ether oxygens (including phenoxy) is 1. The molecule has 0 radical (unpaired) electrons. The number of nitrogens with two attached hydrogens (primary N) is 1. The van der Waals surface area contributed by atoms with E-state index in [0.29, 0.717) is 12.5 Å². The molecule has 2 aliphatic rings. The van der Waals surface area contributed by atoms with Crippen molar-refractivity contribution in [1.29, 1.82) is 0 Å². The average molecular weight is 196 g/mol. The molecular weight excluding hydrogens is 180 g/mol. The molecule has 1 aliphatic heterocycles. The predicted octanol–water partition coefficient (Wildman–Crippen LogP) is 0.849. The number of rotatable bonds is 2. The molecule has 4 heteroatoms. The molecule has 0 aromatic carbocycles. The van der Waals surface area contributed by atoms with E-state index in [2.05, 4.69) is 4.99 Å². The zero-order valence-corrected chi connectivity index (χ0v) is 8.24. The van der Waals surface area contributed by atoms with Crippen molar-refractivity contribution in [3.05, 3.63) is 0 Å². The van der Waals surface area contributed by atoms with Gasteiger partial charge in [-0.2, -0.15) is 0 Å². The van der Waals surface area contributed by atoms with Crippen LogP contribution in [0.25, 0.3) is 0 Å². The van der Waals surface area contributed by atoms with Crippen LogP contribution in [0.3, 0.4) is 0 Å². The van der Waals surface area contributed by atoms with Crippen LogP contribution in [0.1, 0.15) is 32.1 Å². The molecule has 0 spiro atoms. The van der Waals surface area contributed by atoms with Gasteiger partial charge in [0, 0.05) is 0 Å². The van der Waals surface area contributed by atoms with Gasteiger partial charge in [-0.3, -0.25) is 4.79 Å². The van der Waals surface area contributed by atoms with E-state index in [1.165, 1.54) is 32.1 Å². The lowest BCUT2D eigenvalue weighted by Crippen LogP contribution is -2.23. The van der Waals surface area contributed by atoms with E-state index in [1.807, 2.05) is 0 Å². The van der Waals surface area contributed by atoms with Crippen molar-refractivity contribution in [3.63, 3.8) is 0 Å². The number of hydrogen-bond acceptors (Lipinski definition) is 3. The van der Waals surface area contributed by atoms with Crippen LogP contribution < -0.4 is 5.73 Å². The Morgan fingerprint density at radius 1 is 1.36 bits per heavy atom. The van der Waals surface area contributed by atoms with Gasteiger partial charge < -0.3 is 10.5 Å². The van der Waals surface area contributed by atoms with Crippen molar-refractivity contribution in [2.45, 2.75) is 38.1 Å². The van der Waals surface area contributed by atoms with Gasteiger partial charge in [0.1, 0.15) is 6.61 Å². The summed E-state index contributed by atoms with van der Waals surface area (Å²) in [4.78, 5) is 15.0. The lowest BCUT2D eigenvalue weighted by atomic mass is 9.84. The molecule has 1 amide bonds. The van der Waals surface area contributed by atoms with Crippen molar-refractivity contribution in [2.24, 2.45) is 16.6 Å². The quantitative estimate of drug-likeness (QED) is 0.711. The normalized spacial score (nSPS) is 28.3. The van der Waals surface area contributed by atoms with E-state index in [-0.39, 0.29) is 11.9 Å². The summed E-state index contributed by atoms with van der Waals surface area (Å²) in [7, 11) is 0. The highest BCUT2D eigenvalue weighted by Crippen LogP contribution is 2.29. The number of carbonyl (C=O) groups is 1. The number of hydrogen-bond donors (Lipinski definition) is 1. The summed E-state index contributed by atoms with van der Waals surface area (Å²) < 4.78 is 5.16. The maximum absolute atomic E-state index is 10.8. The van der Waals surface area contributed by atoms with Crippen molar-refractivity contribution in [3.8, 4) is 0 Å². The minimum atomic E-state index is -0.539. The predicted molar refractivity (Wildman–Crippen MR) is 52.9 cm³/mol. The molecule has 1 heterocycles. The smallest absolute Gasteiger partial charge is 0.303 e. The van der Waals surface area contributed by atoms with Crippen LogP contribution in [0.2, 0.25) is 0 Å². The first kappa shape index (κ1) is 9.49. The van der Waals surface area contributed by atoms with Gasteiger partial charge in [-0.1, -0.05) is 19.3 Å². The topological polar surface area (TPSA) is 64.7 Å². The Bertz CT molecular complexity index is 257. The molecule has 1 aliphatic carbocycles. The molecule has 0 aromatic rings. The largest absolute Gasteiger partial charge is 0.472 e. The van der Waals surface area contributed by atoms with E-state index < -0.39 is 5.91 Å². The number of primary amides is 1. The van der Waals surface area contributed by atoms with Gasteiger partial charge in [-0.25, -0.2) is 4.99 Å². The number of nitrogens with zero attached hydrogens (tertiary/aromatic N) is 1. The summed E-state index contributed by atoms with van der Waals surface area (Å²) >= 11 is 0. The molecule has 1 atom stereocenters. The van der Waals surface area contributed by atoms with Gasteiger partial charge in [0.2, 0.25) is 0 Å². The number of amides is 1. The van der Waals surface area contributed by atoms with E-state index in [4.69, 9.17) is 10.5 Å². The summed E-state index contributed by atoms with van der Waals surface area (Å²) in [6, 6.07) is 0.179. The number of carbonyl (C=O) groups excluding carboxylic acids is 1. The lowest BCUT2D eigenvalue weighted by Gasteiger charge is -2.24. The fraction of sp³-hybridized carbons (Fsp3) is 0.800. The molecule has 1 fully saturated rings. The third-order valence-electron chi connectivity index (χ3n) is 3.08. The zero-order chi connectivity index (χ0) is 9.97. The second kappa shape index (κ2) is 3.98. The molecule has 0 bridgehead atoms. The first-order valence-corrected chi connectivity index (χ1v) is 5.28. The molecule has 14 heavy (non-hydrogen) atoms. The molecule has 4 nitrogen and oxygen atoms in total. The van der Waals surface area contributed by atoms with Crippen molar-refractivity contribution < 1.29 is 9.53 Å². The standard InChI is InChI=1S/C10H16N2O2/c11-9(13)10-12-8(6-14-10)7-4-2-1-3-5-7/h7-8H,1-6H2,(H2,11,13). The minimum Gasteiger partial charge on any atom is -0.472 e. The first-order chi connectivity index (χ1) is 6.77. The Hall–Kier alpha value is -1.06.